The van der Waals surface area contributed by atoms with Gasteiger partial charge in [0, 0.05) is 12.2 Å². The Kier molecular flexibility index (Phi) is 10.6. The summed E-state index contributed by atoms with van der Waals surface area (Å²) in [5, 5.41) is 9.66. The van der Waals surface area contributed by atoms with Crippen molar-refractivity contribution in [3.05, 3.63) is 114 Å². The van der Waals surface area contributed by atoms with Crippen molar-refractivity contribution in [2.45, 2.75) is 6.61 Å². The van der Waals surface area contributed by atoms with Crippen molar-refractivity contribution in [2.24, 2.45) is 0 Å². The third kappa shape index (κ3) is 8.46. The molecule has 0 unspecified atom stereocenters. The Morgan fingerprint density at radius 3 is 2.00 bits per heavy atom. The Bertz CT molecular complexity index is 1520. The highest BCUT2D eigenvalue weighted by atomic mass is 16.7. The molecular weight excluding hydrogens is 532 g/mol. The molecule has 0 amide bonds. The number of carbonyl (C=O) groups is 3. The summed E-state index contributed by atoms with van der Waals surface area (Å²) in [6, 6.07) is 17.1. The summed E-state index contributed by atoms with van der Waals surface area (Å²) >= 11 is 0. The summed E-state index contributed by atoms with van der Waals surface area (Å²) in [5.74, 6) is -1.23. The zero-order chi connectivity index (χ0) is 29.6. The minimum Gasteiger partial charge on any atom is -0.458 e. The average molecular weight is 555 g/mol. The fraction of sp³-hybridized carbons (Fsp3) is 0.100. The number of nitriles is 1. The zero-order valence-corrected chi connectivity index (χ0v) is 21.5. The van der Waals surface area contributed by atoms with E-state index in [0.717, 1.165) is 17.7 Å². The van der Waals surface area contributed by atoms with Crippen molar-refractivity contribution in [3.63, 3.8) is 0 Å². The number of benzene rings is 3. The molecule has 0 aliphatic carbocycles. The Labute approximate surface area is 235 Å². The van der Waals surface area contributed by atoms with Crippen LogP contribution in [-0.2, 0) is 25.7 Å². The maximum atomic E-state index is 12.7. The molecule has 0 atom stereocenters. The number of ether oxygens (including phenoxy) is 6. The molecule has 0 spiro atoms. The van der Waals surface area contributed by atoms with Crippen LogP contribution in [0.1, 0.15) is 21.5 Å². The van der Waals surface area contributed by atoms with Crippen molar-refractivity contribution in [2.75, 3.05) is 13.6 Å². The van der Waals surface area contributed by atoms with Crippen LogP contribution in [0.3, 0.4) is 0 Å². The van der Waals surface area contributed by atoms with Gasteiger partial charge < -0.3 is 28.4 Å². The molecule has 3 rings (SSSR count). The molecule has 0 bridgehead atoms. The number of hydrogen-bond donors (Lipinski definition) is 0. The lowest BCUT2D eigenvalue weighted by Gasteiger charge is -2.13. The molecule has 0 fully saturated rings. The second kappa shape index (κ2) is 14.8. The summed E-state index contributed by atoms with van der Waals surface area (Å²) in [6.07, 6.45) is 2.07. The topological polar surface area (TPSA) is 135 Å². The first-order valence-corrected chi connectivity index (χ1v) is 11.7. The molecule has 0 saturated heterocycles. The molecule has 0 aromatic heterocycles. The Morgan fingerprint density at radius 2 is 1.39 bits per heavy atom. The number of nitrogens with zero attached hydrogens (tertiary/aromatic N) is 2. The lowest BCUT2D eigenvalue weighted by molar-refractivity contribution is -0.144. The number of hydrogen-bond acceptors (Lipinski definition) is 10. The molecule has 41 heavy (non-hydrogen) atoms. The minimum atomic E-state index is -0.775. The van der Waals surface area contributed by atoms with Gasteiger partial charge in [0.1, 0.15) is 35.2 Å². The molecule has 0 aliphatic rings. The minimum absolute atomic E-state index is 0.0601. The van der Waals surface area contributed by atoms with Crippen LogP contribution in [0.15, 0.2) is 86.0 Å². The van der Waals surface area contributed by atoms with E-state index in [-0.39, 0.29) is 48.5 Å². The van der Waals surface area contributed by atoms with Gasteiger partial charge in [-0.2, -0.15) is 5.26 Å². The lowest BCUT2D eigenvalue weighted by atomic mass is 10.1. The second-order valence-corrected chi connectivity index (χ2v) is 7.71. The molecule has 0 aliphatic heterocycles. The lowest BCUT2D eigenvalue weighted by Crippen LogP contribution is -2.10. The first-order valence-electron chi connectivity index (χ1n) is 11.7. The van der Waals surface area contributed by atoms with Crippen molar-refractivity contribution >= 4 is 23.6 Å². The van der Waals surface area contributed by atoms with Gasteiger partial charge in [-0.05, 0) is 54.1 Å². The van der Waals surface area contributed by atoms with Crippen molar-refractivity contribution in [3.8, 4) is 29.1 Å². The van der Waals surface area contributed by atoms with Crippen LogP contribution in [0.2, 0.25) is 0 Å². The van der Waals surface area contributed by atoms with E-state index in [1.807, 2.05) is 6.07 Å². The monoisotopic (exact) mass is 554 g/mol. The first kappa shape index (κ1) is 29.5. The Morgan fingerprint density at radius 1 is 0.805 bits per heavy atom. The summed E-state index contributed by atoms with van der Waals surface area (Å²) in [4.78, 5) is 38.2. The van der Waals surface area contributed by atoms with Crippen LogP contribution in [0, 0.1) is 17.9 Å². The van der Waals surface area contributed by atoms with E-state index in [9.17, 15) is 19.6 Å². The Hall–Kier alpha value is -6.07. The molecule has 0 heterocycles. The number of rotatable bonds is 13. The van der Waals surface area contributed by atoms with E-state index in [1.165, 1.54) is 36.4 Å². The summed E-state index contributed by atoms with van der Waals surface area (Å²) in [5.41, 5.74) is 0.545. The molecule has 3 aromatic rings. The van der Waals surface area contributed by atoms with Gasteiger partial charge in [-0.25, -0.2) is 19.2 Å². The van der Waals surface area contributed by atoms with Gasteiger partial charge in [0.2, 0.25) is 19.3 Å². The van der Waals surface area contributed by atoms with E-state index in [1.54, 1.807) is 24.3 Å². The molecule has 11 nitrogen and oxygen atoms in total. The van der Waals surface area contributed by atoms with Crippen LogP contribution < -0.4 is 18.9 Å². The maximum absolute atomic E-state index is 12.7. The highest BCUT2D eigenvalue weighted by molar-refractivity contribution is 5.92. The number of carbonyl (C=O) groups excluding carboxylic acids is 3. The van der Waals surface area contributed by atoms with Crippen LogP contribution in [0.25, 0.3) is 4.85 Å². The van der Waals surface area contributed by atoms with Crippen LogP contribution in [0.4, 0.5) is 5.69 Å². The predicted molar refractivity (Wildman–Crippen MR) is 143 cm³/mol. The largest absolute Gasteiger partial charge is 0.458 e. The van der Waals surface area contributed by atoms with E-state index in [2.05, 4.69) is 18.0 Å². The van der Waals surface area contributed by atoms with Crippen molar-refractivity contribution < 1.29 is 42.8 Å². The predicted octanol–water partition coefficient (Wildman–Crippen LogP) is 5.04. The van der Waals surface area contributed by atoms with Gasteiger partial charge >= 0.3 is 17.9 Å². The summed E-state index contributed by atoms with van der Waals surface area (Å²) in [7, 11) is 0. The standard InChI is InChI=1S/C30H22N2O9/c1-4-27(33)36-17-20-6-10-22(11-7-20)37-18-39-25-14-15-26(29(32-3)24(25)16-31)41-30(35)21-8-12-23(13-9-21)38-19-40-28(34)5-2/h4-15H,1-2,17-19H2. The summed E-state index contributed by atoms with van der Waals surface area (Å²) < 4.78 is 31.4. The van der Waals surface area contributed by atoms with Gasteiger partial charge in [-0.15, -0.1) is 0 Å². The van der Waals surface area contributed by atoms with Gasteiger partial charge in [0.15, 0.2) is 0 Å². The van der Waals surface area contributed by atoms with Gasteiger partial charge in [0.25, 0.3) is 0 Å². The molecule has 206 valence electrons. The smallest absolute Gasteiger partial charge is 0.342 e. The van der Waals surface area contributed by atoms with Crippen LogP contribution in [0.5, 0.6) is 23.0 Å². The molecule has 0 saturated carbocycles. The fourth-order valence-electron chi connectivity index (χ4n) is 3.09. The SMILES string of the molecule is [C-]#[N+]c1c(OC(=O)c2ccc(OCOC(=O)C=C)cc2)ccc(OCOc2ccc(COC(=O)C=C)cc2)c1C#N. The Balaban J connectivity index is 1.60. The molecular formula is C30H22N2O9. The van der Waals surface area contributed by atoms with Crippen LogP contribution in [-0.4, -0.2) is 31.5 Å². The van der Waals surface area contributed by atoms with E-state index in [0.29, 0.717) is 11.5 Å². The van der Waals surface area contributed by atoms with Crippen LogP contribution >= 0.6 is 0 Å². The van der Waals surface area contributed by atoms with E-state index in [4.69, 9.17) is 35.0 Å². The average Bonchev–Trinajstić information content (AvgIpc) is 3.00. The fourth-order valence-corrected chi connectivity index (χ4v) is 3.09. The highest BCUT2D eigenvalue weighted by Gasteiger charge is 2.19. The van der Waals surface area contributed by atoms with E-state index < -0.39 is 17.9 Å². The zero-order valence-electron chi connectivity index (χ0n) is 21.5. The summed E-state index contributed by atoms with van der Waals surface area (Å²) in [6.45, 7) is 13.6. The normalized spacial score (nSPS) is 9.71. The van der Waals surface area contributed by atoms with Crippen molar-refractivity contribution in [1.29, 1.82) is 5.26 Å². The molecule has 3 aromatic carbocycles. The van der Waals surface area contributed by atoms with Gasteiger partial charge in [-0.1, -0.05) is 25.3 Å². The molecule has 0 N–H and O–H groups in total. The van der Waals surface area contributed by atoms with Gasteiger partial charge in [-0.3, -0.25) is 0 Å². The van der Waals surface area contributed by atoms with E-state index >= 15 is 0 Å². The molecule has 11 heteroatoms. The first-order chi connectivity index (χ1) is 19.9. The molecule has 0 radical (unpaired) electrons. The third-order valence-corrected chi connectivity index (χ3v) is 5.12. The highest BCUT2D eigenvalue weighted by Crippen LogP contribution is 2.38. The third-order valence-electron chi connectivity index (χ3n) is 5.12. The quantitative estimate of drug-likeness (QED) is 0.0930. The maximum Gasteiger partial charge on any atom is 0.342 e. The van der Waals surface area contributed by atoms with Gasteiger partial charge in [0.05, 0.1) is 18.2 Å². The second-order valence-electron chi connectivity index (χ2n) is 7.71. The number of esters is 3. The van der Waals surface area contributed by atoms with Crippen molar-refractivity contribution in [1.82, 2.24) is 0 Å².